The summed E-state index contributed by atoms with van der Waals surface area (Å²) in [5, 5.41) is 10.4. The van der Waals surface area contributed by atoms with E-state index in [1.54, 1.807) is 6.92 Å². The Kier molecular flexibility index (Phi) is 3.61. The predicted molar refractivity (Wildman–Crippen MR) is 59.6 cm³/mol. The lowest BCUT2D eigenvalue weighted by molar-refractivity contribution is -0.200. The van der Waals surface area contributed by atoms with Gasteiger partial charge in [-0.1, -0.05) is 37.3 Å². The molecule has 1 heterocycles. The minimum Gasteiger partial charge on any atom is -0.443 e. The van der Waals surface area contributed by atoms with Gasteiger partial charge < -0.3 is 9.84 Å². The van der Waals surface area contributed by atoms with Gasteiger partial charge in [-0.25, -0.2) is 9.63 Å². The minimum absolute atomic E-state index is 0.0979. The van der Waals surface area contributed by atoms with Crippen molar-refractivity contribution in [3.05, 3.63) is 35.9 Å². The van der Waals surface area contributed by atoms with Gasteiger partial charge in [0.15, 0.2) is 6.29 Å². The Morgan fingerprint density at radius 3 is 2.82 bits per heavy atom. The summed E-state index contributed by atoms with van der Waals surface area (Å²) in [5.74, 6) is -0.0979. The van der Waals surface area contributed by atoms with Gasteiger partial charge in [-0.05, 0) is 5.56 Å². The van der Waals surface area contributed by atoms with Crippen LogP contribution in [0.1, 0.15) is 12.5 Å². The van der Waals surface area contributed by atoms with Gasteiger partial charge in [-0.3, -0.25) is 0 Å². The van der Waals surface area contributed by atoms with Crippen molar-refractivity contribution >= 4 is 6.09 Å². The van der Waals surface area contributed by atoms with Crippen LogP contribution in [0, 0.1) is 5.92 Å². The summed E-state index contributed by atoms with van der Waals surface area (Å²) in [7, 11) is 0. The molecule has 1 aromatic carbocycles. The largest absolute Gasteiger partial charge is 0.443 e. The van der Waals surface area contributed by atoms with Crippen LogP contribution in [0.2, 0.25) is 0 Å². The summed E-state index contributed by atoms with van der Waals surface area (Å²) in [6.07, 6.45) is -1.50. The van der Waals surface area contributed by atoms with Crippen molar-refractivity contribution in [1.29, 1.82) is 0 Å². The molecule has 1 aromatic rings. The Hall–Kier alpha value is -1.59. The number of ether oxygens (including phenoxy) is 1. The van der Waals surface area contributed by atoms with E-state index in [4.69, 9.17) is 9.57 Å². The molecule has 2 unspecified atom stereocenters. The van der Waals surface area contributed by atoms with Crippen LogP contribution in [-0.4, -0.2) is 29.1 Å². The number of hydroxylamine groups is 2. The second kappa shape index (κ2) is 5.16. The Labute approximate surface area is 99.5 Å². The van der Waals surface area contributed by atoms with Crippen LogP contribution in [0.15, 0.2) is 30.3 Å². The minimum atomic E-state index is -0.931. The quantitative estimate of drug-likeness (QED) is 0.847. The predicted octanol–water partition coefficient (Wildman–Crippen LogP) is 1.52. The van der Waals surface area contributed by atoms with Gasteiger partial charge in [0.05, 0.1) is 6.54 Å². The zero-order chi connectivity index (χ0) is 12.3. The molecule has 1 amide bonds. The van der Waals surface area contributed by atoms with Crippen molar-refractivity contribution in [2.24, 2.45) is 5.92 Å². The molecule has 0 aromatic heterocycles. The van der Waals surface area contributed by atoms with E-state index in [1.165, 1.54) is 0 Å². The molecule has 2 atom stereocenters. The average molecular weight is 237 g/mol. The Balaban J connectivity index is 1.82. The third-order valence-electron chi connectivity index (χ3n) is 2.58. The SMILES string of the molecule is CC1CN(C(=O)OCc2ccccc2)OC1O. The molecule has 5 nitrogen and oxygen atoms in total. The van der Waals surface area contributed by atoms with E-state index >= 15 is 0 Å². The van der Waals surface area contributed by atoms with Crippen molar-refractivity contribution in [2.75, 3.05) is 6.54 Å². The molecule has 1 aliphatic rings. The monoisotopic (exact) mass is 237 g/mol. The molecule has 1 fully saturated rings. The number of hydrogen-bond acceptors (Lipinski definition) is 4. The van der Waals surface area contributed by atoms with Crippen molar-refractivity contribution < 1.29 is 19.5 Å². The van der Waals surface area contributed by atoms with Gasteiger partial charge >= 0.3 is 6.09 Å². The first kappa shape index (κ1) is 11.9. The van der Waals surface area contributed by atoms with E-state index in [1.807, 2.05) is 30.3 Å². The van der Waals surface area contributed by atoms with Crippen molar-refractivity contribution in [3.63, 3.8) is 0 Å². The summed E-state index contributed by atoms with van der Waals surface area (Å²) < 4.78 is 5.06. The summed E-state index contributed by atoms with van der Waals surface area (Å²) in [6, 6.07) is 9.39. The highest BCUT2D eigenvalue weighted by molar-refractivity contribution is 5.66. The second-order valence-corrected chi connectivity index (χ2v) is 4.07. The molecular formula is C12H15NO4. The number of carbonyl (C=O) groups is 1. The molecule has 0 radical (unpaired) electrons. The number of carbonyl (C=O) groups excluding carboxylic acids is 1. The highest BCUT2D eigenvalue weighted by atomic mass is 16.8. The number of amides is 1. The zero-order valence-corrected chi connectivity index (χ0v) is 9.57. The van der Waals surface area contributed by atoms with E-state index in [2.05, 4.69) is 0 Å². The number of aliphatic hydroxyl groups excluding tert-OH is 1. The van der Waals surface area contributed by atoms with Crippen molar-refractivity contribution in [1.82, 2.24) is 5.06 Å². The molecule has 1 aliphatic heterocycles. The maximum absolute atomic E-state index is 11.6. The molecule has 0 aliphatic carbocycles. The Morgan fingerprint density at radius 1 is 1.53 bits per heavy atom. The summed E-state index contributed by atoms with van der Waals surface area (Å²) in [5.41, 5.74) is 0.911. The van der Waals surface area contributed by atoms with Crippen LogP contribution in [0.5, 0.6) is 0 Å². The molecular weight excluding hydrogens is 222 g/mol. The molecule has 92 valence electrons. The van der Waals surface area contributed by atoms with E-state index in [9.17, 15) is 9.90 Å². The van der Waals surface area contributed by atoms with E-state index in [0.29, 0.717) is 6.54 Å². The number of benzene rings is 1. The molecule has 1 N–H and O–H groups in total. The van der Waals surface area contributed by atoms with Gasteiger partial charge in [0.2, 0.25) is 0 Å². The maximum atomic E-state index is 11.6. The first-order valence-electron chi connectivity index (χ1n) is 5.50. The smallest absolute Gasteiger partial charge is 0.434 e. The van der Waals surface area contributed by atoms with E-state index < -0.39 is 12.4 Å². The number of aliphatic hydroxyl groups is 1. The number of rotatable bonds is 2. The Bertz CT molecular complexity index is 371. The number of hydrogen-bond donors (Lipinski definition) is 1. The second-order valence-electron chi connectivity index (χ2n) is 4.07. The molecule has 5 heteroatoms. The Morgan fingerprint density at radius 2 is 2.24 bits per heavy atom. The van der Waals surface area contributed by atoms with Gasteiger partial charge in [-0.15, -0.1) is 0 Å². The van der Waals surface area contributed by atoms with Crippen molar-refractivity contribution in [3.8, 4) is 0 Å². The molecule has 2 rings (SSSR count). The summed E-state index contributed by atoms with van der Waals surface area (Å²) in [6.45, 7) is 2.34. The third-order valence-corrected chi connectivity index (χ3v) is 2.58. The lowest BCUT2D eigenvalue weighted by atomic mass is 10.2. The standard InChI is InChI=1S/C12H15NO4/c1-9-7-13(17-11(9)14)12(15)16-8-10-5-3-2-4-6-10/h2-6,9,11,14H,7-8H2,1H3. The fourth-order valence-electron chi connectivity index (χ4n) is 1.54. The van der Waals surface area contributed by atoms with Crippen LogP contribution in [0.4, 0.5) is 4.79 Å². The first-order valence-corrected chi connectivity index (χ1v) is 5.50. The van der Waals surface area contributed by atoms with Crippen LogP contribution < -0.4 is 0 Å². The lowest BCUT2D eigenvalue weighted by Crippen LogP contribution is -2.28. The summed E-state index contributed by atoms with van der Waals surface area (Å²) >= 11 is 0. The van der Waals surface area contributed by atoms with Crippen LogP contribution >= 0.6 is 0 Å². The normalized spacial score (nSPS) is 23.8. The van der Waals surface area contributed by atoms with Gasteiger partial charge in [0.25, 0.3) is 0 Å². The summed E-state index contributed by atoms with van der Waals surface area (Å²) in [4.78, 5) is 16.5. The average Bonchev–Trinajstić information content (AvgIpc) is 2.68. The molecule has 0 bridgehead atoms. The van der Waals surface area contributed by atoms with Gasteiger partial charge in [0.1, 0.15) is 6.61 Å². The molecule has 1 saturated heterocycles. The fraction of sp³-hybridized carbons (Fsp3) is 0.417. The van der Waals surface area contributed by atoms with Crippen molar-refractivity contribution in [2.45, 2.75) is 19.8 Å². The van der Waals surface area contributed by atoms with Gasteiger partial charge in [-0.2, -0.15) is 5.06 Å². The van der Waals surface area contributed by atoms with Crippen LogP contribution in [0.25, 0.3) is 0 Å². The lowest BCUT2D eigenvalue weighted by Gasteiger charge is -2.14. The highest BCUT2D eigenvalue weighted by Gasteiger charge is 2.33. The third kappa shape index (κ3) is 2.95. The highest BCUT2D eigenvalue weighted by Crippen LogP contribution is 2.18. The molecule has 0 saturated carbocycles. The van der Waals surface area contributed by atoms with E-state index in [-0.39, 0.29) is 12.5 Å². The fourth-order valence-corrected chi connectivity index (χ4v) is 1.54. The van der Waals surface area contributed by atoms with Gasteiger partial charge in [0, 0.05) is 5.92 Å². The van der Waals surface area contributed by atoms with E-state index in [0.717, 1.165) is 10.6 Å². The van der Waals surface area contributed by atoms with Crippen LogP contribution in [0.3, 0.4) is 0 Å². The van der Waals surface area contributed by atoms with Crippen LogP contribution in [-0.2, 0) is 16.2 Å². The number of nitrogens with zero attached hydrogens (tertiary/aromatic N) is 1. The molecule has 0 spiro atoms. The molecule has 17 heavy (non-hydrogen) atoms. The first-order chi connectivity index (χ1) is 8.16. The zero-order valence-electron chi connectivity index (χ0n) is 9.57. The maximum Gasteiger partial charge on any atom is 0.434 e. The topological polar surface area (TPSA) is 59.0 Å².